The monoisotopic (exact) mass is 277 g/mol. The molecule has 1 amide bonds. The second-order valence-corrected chi connectivity index (χ2v) is 5.20. The van der Waals surface area contributed by atoms with E-state index in [4.69, 9.17) is 0 Å². The Morgan fingerprint density at radius 2 is 2.35 bits per heavy atom. The molecule has 1 saturated heterocycles. The fraction of sp³-hybridized carbons (Fsp3) is 0.643. The molecule has 3 N–H and O–H groups in total. The van der Waals surface area contributed by atoms with Crippen LogP contribution in [0.3, 0.4) is 0 Å². The highest BCUT2D eigenvalue weighted by atomic mass is 16.1. The molecule has 20 heavy (non-hydrogen) atoms. The minimum Gasteiger partial charge on any atom is -0.366 e. The zero-order valence-electron chi connectivity index (χ0n) is 12.1. The number of anilines is 1. The van der Waals surface area contributed by atoms with Crippen LogP contribution in [0.4, 0.5) is 5.82 Å². The van der Waals surface area contributed by atoms with E-state index in [1.165, 1.54) is 12.8 Å². The average molecular weight is 277 g/mol. The third-order valence-corrected chi connectivity index (χ3v) is 3.65. The smallest absolute Gasteiger partial charge is 0.271 e. The number of hydrogen-bond acceptors (Lipinski definition) is 5. The number of aromatic nitrogens is 2. The zero-order valence-corrected chi connectivity index (χ0v) is 12.1. The van der Waals surface area contributed by atoms with Crippen molar-refractivity contribution in [2.75, 3.05) is 25.0 Å². The summed E-state index contributed by atoms with van der Waals surface area (Å²) in [6.45, 7) is 6.78. The van der Waals surface area contributed by atoms with Crippen molar-refractivity contribution in [1.82, 2.24) is 20.8 Å². The van der Waals surface area contributed by atoms with Crippen LogP contribution in [0.5, 0.6) is 0 Å². The molecule has 0 radical (unpaired) electrons. The highest BCUT2D eigenvalue weighted by molar-refractivity contribution is 5.92. The highest BCUT2D eigenvalue weighted by Crippen LogP contribution is 2.17. The van der Waals surface area contributed by atoms with Crippen LogP contribution in [0.2, 0.25) is 0 Å². The van der Waals surface area contributed by atoms with Crippen LogP contribution in [0, 0.1) is 5.92 Å². The molecule has 2 heterocycles. The Morgan fingerprint density at radius 3 is 2.95 bits per heavy atom. The van der Waals surface area contributed by atoms with E-state index < -0.39 is 0 Å². The van der Waals surface area contributed by atoms with Crippen molar-refractivity contribution in [2.24, 2.45) is 5.92 Å². The fourth-order valence-electron chi connectivity index (χ4n) is 2.44. The fourth-order valence-corrected chi connectivity index (χ4v) is 2.44. The second kappa shape index (κ2) is 7.19. The summed E-state index contributed by atoms with van der Waals surface area (Å²) in [5, 5.41) is 17.5. The molecule has 0 bridgehead atoms. The standard InChI is InChI=1S/C14H23N5O/c1-3-16-14(20)12-6-7-13(19-18-12)17-10(2)11-5-4-8-15-9-11/h6-7,10-11,15H,3-5,8-9H2,1-2H3,(H,16,20)(H,17,19). The lowest BCUT2D eigenvalue weighted by molar-refractivity contribution is 0.0950. The van der Waals surface area contributed by atoms with Gasteiger partial charge in [0.25, 0.3) is 5.91 Å². The van der Waals surface area contributed by atoms with Crippen LogP contribution in [0.15, 0.2) is 12.1 Å². The minimum absolute atomic E-state index is 0.184. The normalized spacial score (nSPS) is 20.2. The van der Waals surface area contributed by atoms with Crippen LogP contribution < -0.4 is 16.0 Å². The van der Waals surface area contributed by atoms with E-state index in [-0.39, 0.29) is 5.91 Å². The van der Waals surface area contributed by atoms with Crippen LogP contribution in [0.1, 0.15) is 37.2 Å². The highest BCUT2D eigenvalue weighted by Gasteiger charge is 2.20. The van der Waals surface area contributed by atoms with Gasteiger partial charge >= 0.3 is 0 Å². The van der Waals surface area contributed by atoms with Gasteiger partial charge in [0.15, 0.2) is 5.69 Å². The lowest BCUT2D eigenvalue weighted by atomic mass is 9.93. The Balaban J connectivity index is 1.91. The molecule has 1 fully saturated rings. The third-order valence-electron chi connectivity index (χ3n) is 3.65. The molecule has 2 rings (SSSR count). The van der Waals surface area contributed by atoms with Crippen molar-refractivity contribution >= 4 is 11.7 Å². The molecule has 110 valence electrons. The molecule has 1 aromatic rings. The van der Waals surface area contributed by atoms with Gasteiger partial charge < -0.3 is 16.0 Å². The van der Waals surface area contributed by atoms with Gasteiger partial charge in [0, 0.05) is 12.6 Å². The molecule has 6 heteroatoms. The molecule has 2 unspecified atom stereocenters. The van der Waals surface area contributed by atoms with Crippen molar-refractivity contribution in [3.8, 4) is 0 Å². The maximum Gasteiger partial charge on any atom is 0.271 e. The van der Waals surface area contributed by atoms with Crippen molar-refractivity contribution in [1.29, 1.82) is 0 Å². The maximum atomic E-state index is 11.6. The molecule has 1 aliphatic rings. The number of nitrogens with one attached hydrogen (secondary N) is 3. The number of rotatable bonds is 5. The average Bonchev–Trinajstić information content (AvgIpc) is 2.49. The first-order valence-electron chi connectivity index (χ1n) is 7.30. The molecule has 0 spiro atoms. The summed E-state index contributed by atoms with van der Waals surface area (Å²) in [6, 6.07) is 3.85. The number of nitrogens with zero attached hydrogens (tertiary/aromatic N) is 2. The van der Waals surface area contributed by atoms with Crippen molar-refractivity contribution in [2.45, 2.75) is 32.7 Å². The molecular formula is C14H23N5O. The molecule has 2 atom stereocenters. The predicted octanol–water partition coefficient (Wildman–Crippen LogP) is 1.03. The molecule has 0 saturated carbocycles. The number of hydrogen-bond donors (Lipinski definition) is 3. The van der Waals surface area contributed by atoms with Gasteiger partial charge in [-0.25, -0.2) is 0 Å². The van der Waals surface area contributed by atoms with Gasteiger partial charge in [0.1, 0.15) is 5.82 Å². The summed E-state index contributed by atoms with van der Waals surface area (Å²) in [4.78, 5) is 11.6. The van der Waals surface area contributed by atoms with E-state index in [1.807, 2.05) is 13.0 Å². The zero-order chi connectivity index (χ0) is 14.4. The number of piperidine rings is 1. The molecular weight excluding hydrogens is 254 g/mol. The van der Waals surface area contributed by atoms with Gasteiger partial charge in [0.2, 0.25) is 0 Å². The van der Waals surface area contributed by atoms with Gasteiger partial charge in [-0.15, -0.1) is 10.2 Å². The topological polar surface area (TPSA) is 78.9 Å². The predicted molar refractivity (Wildman–Crippen MR) is 78.7 cm³/mol. The van der Waals surface area contributed by atoms with E-state index in [1.54, 1.807) is 6.07 Å². The number of amides is 1. The Hall–Kier alpha value is -1.69. The summed E-state index contributed by atoms with van der Waals surface area (Å²) >= 11 is 0. The van der Waals surface area contributed by atoms with Gasteiger partial charge in [-0.05, 0) is 57.8 Å². The van der Waals surface area contributed by atoms with Gasteiger partial charge in [0.05, 0.1) is 0 Å². The number of carbonyl (C=O) groups excluding carboxylic acids is 1. The molecule has 0 aromatic carbocycles. The van der Waals surface area contributed by atoms with Gasteiger partial charge in [-0.2, -0.15) is 0 Å². The first kappa shape index (κ1) is 14.7. The Kier molecular flexibility index (Phi) is 5.29. The molecule has 0 aliphatic carbocycles. The van der Waals surface area contributed by atoms with E-state index in [2.05, 4.69) is 33.1 Å². The summed E-state index contributed by atoms with van der Waals surface area (Å²) in [5.74, 6) is 1.14. The lowest BCUT2D eigenvalue weighted by Crippen LogP contribution is -2.39. The van der Waals surface area contributed by atoms with Crippen molar-refractivity contribution in [3.05, 3.63) is 17.8 Å². The van der Waals surface area contributed by atoms with Crippen molar-refractivity contribution in [3.63, 3.8) is 0 Å². The van der Waals surface area contributed by atoms with E-state index >= 15 is 0 Å². The molecule has 1 aromatic heterocycles. The van der Waals surface area contributed by atoms with Crippen LogP contribution >= 0.6 is 0 Å². The van der Waals surface area contributed by atoms with Gasteiger partial charge in [-0.3, -0.25) is 4.79 Å². The lowest BCUT2D eigenvalue weighted by Gasteiger charge is -2.29. The summed E-state index contributed by atoms with van der Waals surface area (Å²) in [7, 11) is 0. The van der Waals surface area contributed by atoms with Crippen LogP contribution in [-0.4, -0.2) is 41.8 Å². The van der Waals surface area contributed by atoms with E-state index in [9.17, 15) is 4.79 Å². The van der Waals surface area contributed by atoms with Gasteiger partial charge in [-0.1, -0.05) is 0 Å². The third kappa shape index (κ3) is 3.90. The van der Waals surface area contributed by atoms with E-state index in [0.717, 1.165) is 18.9 Å². The first-order valence-corrected chi connectivity index (χ1v) is 7.30. The Morgan fingerprint density at radius 1 is 1.50 bits per heavy atom. The first-order chi connectivity index (χ1) is 9.70. The summed E-state index contributed by atoms with van der Waals surface area (Å²) in [5.41, 5.74) is 0.351. The van der Waals surface area contributed by atoms with Crippen LogP contribution in [-0.2, 0) is 0 Å². The maximum absolute atomic E-state index is 11.6. The van der Waals surface area contributed by atoms with Crippen LogP contribution in [0.25, 0.3) is 0 Å². The Labute approximate surface area is 119 Å². The number of carbonyl (C=O) groups is 1. The Bertz CT molecular complexity index is 428. The second-order valence-electron chi connectivity index (χ2n) is 5.20. The molecule has 1 aliphatic heterocycles. The minimum atomic E-state index is -0.184. The summed E-state index contributed by atoms with van der Waals surface area (Å²) in [6.07, 6.45) is 2.45. The summed E-state index contributed by atoms with van der Waals surface area (Å²) < 4.78 is 0. The van der Waals surface area contributed by atoms with Crippen molar-refractivity contribution < 1.29 is 4.79 Å². The largest absolute Gasteiger partial charge is 0.366 e. The quantitative estimate of drug-likeness (QED) is 0.749. The van der Waals surface area contributed by atoms with E-state index in [0.29, 0.717) is 24.2 Å². The molecule has 6 nitrogen and oxygen atoms in total. The SMILES string of the molecule is CCNC(=O)c1ccc(NC(C)C2CCCNC2)nn1.